The smallest absolute Gasteiger partial charge is 0.202 e. The van der Waals surface area contributed by atoms with Crippen molar-refractivity contribution >= 4 is 17.5 Å². The van der Waals surface area contributed by atoms with Gasteiger partial charge in [-0.2, -0.15) is 0 Å². The predicted molar refractivity (Wildman–Crippen MR) is 87.9 cm³/mol. The van der Waals surface area contributed by atoms with Crippen molar-refractivity contribution in [2.24, 2.45) is 0 Å². The van der Waals surface area contributed by atoms with Crippen LogP contribution in [0.5, 0.6) is 0 Å². The number of aryl methyl sites for hydroxylation is 2. The quantitative estimate of drug-likeness (QED) is 0.880. The fourth-order valence-corrected chi connectivity index (χ4v) is 3.09. The van der Waals surface area contributed by atoms with Gasteiger partial charge >= 0.3 is 0 Å². The zero-order chi connectivity index (χ0) is 14.5. The molecule has 0 aliphatic heterocycles. The Morgan fingerprint density at radius 1 is 1.14 bits per heavy atom. The van der Waals surface area contributed by atoms with Crippen molar-refractivity contribution in [3.05, 3.63) is 47.2 Å². The minimum atomic E-state index is 0.593. The van der Waals surface area contributed by atoms with E-state index in [9.17, 15) is 0 Å². The summed E-state index contributed by atoms with van der Waals surface area (Å²) in [6.45, 7) is 0.941. The van der Waals surface area contributed by atoms with E-state index >= 15 is 0 Å². The van der Waals surface area contributed by atoms with Crippen LogP contribution in [-0.2, 0) is 13.0 Å². The summed E-state index contributed by atoms with van der Waals surface area (Å²) in [4.78, 5) is 4.47. The molecular weight excluding hydrogens is 282 g/mol. The van der Waals surface area contributed by atoms with Crippen molar-refractivity contribution in [2.45, 2.75) is 51.1 Å². The van der Waals surface area contributed by atoms with Crippen LogP contribution in [0.25, 0.3) is 0 Å². The Kier molecular flexibility index (Phi) is 4.81. The number of imidazole rings is 1. The summed E-state index contributed by atoms with van der Waals surface area (Å²) in [5.74, 6) is 1.01. The molecule has 0 saturated heterocycles. The van der Waals surface area contributed by atoms with Crippen molar-refractivity contribution in [2.75, 3.05) is 5.32 Å². The molecule has 0 atom stereocenters. The molecule has 1 saturated carbocycles. The lowest BCUT2D eigenvalue weighted by Gasteiger charge is -2.23. The van der Waals surface area contributed by atoms with Gasteiger partial charge in [0.05, 0.1) is 0 Å². The summed E-state index contributed by atoms with van der Waals surface area (Å²) in [7, 11) is 0. The summed E-state index contributed by atoms with van der Waals surface area (Å²) < 4.78 is 2.21. The number of aromatic nitrogens is 2. The van der Waals surface area contributed by atoms with Crippen molar-refractivity contribution in [3.63, 3.8) is 0 Å². The van der Waals surface area contributed by atoms with Crippen LogP contribution < -0.4 is 5.32 Å². The molecule has 0 radical (unpaired) electrons. The minimum Gasteiger partial charge on any atom is -0.353 e. The van der Waals surface area contributed by atoms with Gasteiger partial charge in [-0.15, -0.1) is 0 Å². The van der Waals surface area contributed by atoms with E-state index in [-0.39, 0.29) is 0 Å². The Hall–Kier alpha value is -1.48. The van der Waals surface area contributed by atoms with Gasteiger partial charge in [-0.25, -0.2) is 4.98 Å². The highest BCUT2D eigenvalue weighted by Gasteiger charge is 2.15. The maximum atomic E-state index is 5.92. The van der Waals surface area contributed by atoms with E-state index in [1.165, 1.54) is 37.7 Å². The maximum Gasteiger partial charge on any atom is 0.202 e. The number of anilines is 1. The SMILES string of the molecule is Clc1ccc(CCn2ccnc2NC2CCCCC2)cc1. The highest BCUT2D eigenvalue weighted by atomic mass is 35.5. The molecule has 0 bridgehead atoms. The van der Waals surface area contributed by atoms with Gasteiger partial charge in [0.15, 0.2) is 0 Å². The molecule has 1 aromatic heterocycles. The molecule has 2 aromatic rings. The number of hydrogen-bond acceptors (Lipinski definition) is 2. The first kappa shape index (κ1) is 14.5. The largest absolute Gasteiger partial charge is 0.353 e. The van der Waals surface area contributed by atoms with E-state index in [0.717, 1.165) is 23.9 Å². The summed E-state index contributed by atoms with van der Waals surface area (Å²) in [6, 6.07) is 8.68. The predicted octanol–water partition coefficient (Wildman–Crippen LogP) is 4.52. The van der Waals surface area contributed by atoms with Gasteiger partial charge in [0.2, 0.25) is 5.95 Å². The summed E-state index contributed by atoms with van der Waals surface area (Å²) in [6.07, 6.45) is 11.5. The topological polar surface area (TPSA) is 29.9 Å². The third kappa shape index (κ3) is 4.01. The van der Waals surface area contributed by atoms with Crippen LogP contribution in [0, 0.1) is 0 Å². The summed E-state index contributed by atoms with van der Waals surface area (Å²) in [5.41, 5.74) is 1.30. The second kappa shape index (κ2) is 6.99. The van der Waals surface area contributed by atoms with E-state index in [1.807, 2.05) is 18.3 Å². The summed E-state index contributed by atoms with van der Waals surface area (Å²) in [5, 5.41) is 4.40. The van der Waals surface area contributed by atoms with Crippen molar-refractivity contribution in [1.29, 1.82) is 0 Å². The van der Waals surface area contributed by atoms with E-state index in [4.69, 9.17) is 11.6 Å². The van der Waals surface area contributed by atoms with Gasteiger partial charge in [-0.05, 0) is 37.0 Å². The molecule has 1 aliphatic carbocycles. The van der Waals surface area contributed by atoms with Crippen LogP contribution in [0.3, 0.4) is 0 Å². The standard InChI is InChI=1S/C17H22ClN3/c18-15-8-6-14(7-9-15)10-12-21-13-11-19-17(21)20-16-4-2-1-3-5-16/h6-9,11,13,16H,1-5,10,12H2,(H,19,20). The van der Waals surface area contributed by atoms with Crippen LogP contribution >= 0.6 is 11.6 Å². The molecule has 1 heterocycles. The number of hydrogen-bond donors (Lipinski definition) is 1. The Bertz CT molecular complexity index is 556. The fraction of sp³-hybridized carbons (Fsp3) is 0.471. The second-order valence-electron chi connectivity index (χ2n) is 5.80. The second-order valence-corrected chi connectivity index (χ2v) is 6.24. The molecule has 1 fully saturated rings. The Morgan fingerprint density at radius 2 is 1.90 bits per heavy atom. The van der Waals surface area contributed by atoms with E-state index < -0.39 is 0 Å². The Morgan fingerprint density at radius 3 is 2.67 bits per heavy atom. The van der Waals surface area contributed by atoms with Gasteiger partial charge in [0, 0.05) is 30.0 Å². The first-order valence-corrected chi connectivity index (χ1v) is 8.21. The fourth-order valence-electron chi connectivity index (χ4n) is 2.96. The minimum absolute atomic E-state index is 0.593. The van der Waals surface area contributed by atoms with Gasteiger partial charge in [0.1, 0.15) is 0 Å². The molecule has 0 amide bonds. The Balaban J connectivity index is 1.58. The van der Waals surface area contributed by atoms with Crippen LogP contribution in [0.4, 0.5) is 5.95 Å². The third-order valence-electron chi connectivity index (χ3n) is 4.21. The molecule has 1 N–H and O–H groups in total. The molecule has 3 rings (SSSR count). The molecule has 112 valence electrons. The number of rotatable bonds is 5. The van der Waals surface area contributed by atoms with Gasteiger partial charge < -0.3 is 9.88 Å². The average Bonchev–Trinajstić information content (AvgIpc) is 2.95. The zero-order valence-corrected chi connectivity index (χ0v) is 13.0. The lowest BCUT2D eigenvalue weighted by molar-refractivity contribution is 0.459. The van der Waals surface area contributed by atoms with E-state index in [1.54, 1.807) is 0 Å². The summed E-state index contributed by atoms with van der Waals surface area (Å²) >= 11 is 5.92. The normalized spacial score (nSPS) is 16.0. The van der Waals surface area contributed by atoms with Crippen LogP contribution in [0.15, 0.2) is 36.7 Å². The lowest BCUT2D eigenvalue weighted by atomic mass is 9.96. The highest BCUT2D eigenvalue weighted by molar-refractivity contribution is 6.30. The molecule has 1 aromatic carbocycles. The molecule has 4 heteroatoms. The van der Waals surface area contributed by atoms with Crippen LogP contribution in [-0.4, -0.2) is 15.6 Å². The zero-order valence-electron chi connectivity index (χ0n) is 12.3. The lowest BCUT2D eigenvalue weighted by Crippen LogP contribution is -2.24. The molecule has 0 unspecified atom stereocenters. The van der Waals surface area contributed by atoms with Gasteiger partial charge in [0.25, 0.3) is 0 Å². The molecule has 21 heavy (non-hydrogen) atoms. The monoisotopic (exact) mass is 303 g/mol. The number of benzene rings is 1. The van der Waals surface area contributed by atoms with Crippen molar-refractivity contribution in [1.82, 2.24) is 9.55 Å². The molecule has 3 nitrogen and oxygen atoms in total. The number of nitrogens with one attached hydrogen (secondary N) is 1. The van der Waals surface area contributed by atoms with E-state index in [2.05, 4.69) is 33.2 Å². The first-order valence-electron chi connectivity index (χ1n) is 7.83. The average molecular weight is 304 g/mol. The highest BCUT2D eigenvalue weighted by Crippen LogP contribution is 2.21. The number of halogens is 1. The third-order valence-corrected chi connectivity index (χ3v) is 4.46. The van der Waals surface area contributed by atoms with Crippen molar-refractivity contribution in [3.8, 4) is 0 Å². The van der Waals surface area contributed by atoms with Gasteiger partial charge in [-0.3, -0.25) is 0 Å². The molecule has 1 aliphatic rings. The van der Waals surface area contributed by atoms with Crippen LogP contribution in [0.1, 0.15) is 37.7 Å². The van der Waals surface area contributed by atoms with Gasteiger partial charge in [-0.1, -0.05) is 43.0 Å². The molecular formula is C17H22ClN3. The van der Waals surface area contributed by atoms with Crippen LogP contribution in [0.2, 0.25) is 5.02 Å². The Labute approximate surface area is 131 Å². The maximum absolute atomic E-state index is 5.92. The van der Waals surface area contributed by atoms with E-state index in [0.29, 0.717) is 6.04 Å². The number of nitrogens with zero attached hydrogens (tertiary/aromatic N) is 2. The van der Waals surface area contributed by atoms with Crippen molar-refractivity contribution < 1.29 is 0 Å². The first-order chi connectivity index (χ1) is 10.3. The molecule has 0 spiro atoms.